The molecule has 1 fully saturated rings. The Morgan fingerprint density at radius 1 is 1.19 bits per heavy atom. The van der Waals surface area contributed by atoms with E-state index in [2.05, 4.69) is 33.9 Å². The Balaban J connectivity index is 1.83. The first-order valence-electron chi connectivity index (χ1n) is 8.93. The summed E-state index contributed by atoms with van der Waals surface area (Å²) in [6.45, 7) is 6.29. The largest absolute Gasteiger partial charge is 0.342 e. The lowest BCUT2D eigenvalue weighted by molar-refractivity contribution is 0.277. The first-order valence-corrected chi connectivity index (χ1v) is 9.68. The van der Waals surface area contributed by atoms with Crippen molar-refractivity contribution in [2.75, 3.05) is 18.0 Å². The van der Waals surface area contributed by atoms with Crippen LogP contribution in [0.15, 0.2) is 23.0 Å². The SMILES string of the molecule is Cn1c(N2CCC(C)(C)CC2)nc2n[nH]c(-c3cccc(Cl)c3Cl)c2c1=O. The lowest BCUT2D eigenvalue weighted by Crippen LogP contribution is -2.40. The van der Waals surface area contributed by atoms with Crippen LogP contribution in [0, 0.1) is 5.41 Å². The van der Waals surface area contributed by atoms with Crippen LogP contribution in [0.25, 0.3) is 22.3 Å². The molecule has 0 atom stereocenters. The fourth-order valence-corrected chi connectivity index (χ4v) is 3.93. The summed E-state index contributed by atoms with van der Waals surface area (Å²) in [6, 6.07) is 5.30. The van der Waals surface area contributed by atoms with Crippen molar-refractivity contribution in [3.63, 3.8) is 0 Å². The molecule has 0 amide bonds. The van der Waals surface area contributed by atoms with Gasteiger partial charge in [-0.15, -0.1) is 0 Å². The highest BCUT2D eigenvalue weighted by atomic mass is 35.5. The number of nitrogens with zero attached hydrogens (tertiary/aromatic N) is 4. The van der Waals surface area contributed by atoms with Gasteiger partial charge < -0.3 is 4.90 Å². The van der Waals surface area contributed by atoms with Crippen molar-refractivity contribution in [3.8, 4) is 11.3 Å². The summed E-state index contributed by atoms with van der Waals surface area (Å²) >= 11 is 12.5. The number of piperidine rings is 1. The molecule has 0 bridgehead atoms. The van der Waals surface area contributed by atoms with Gasteiger partial charge in [-0.1, -0.05) is 49.2 Å². The van der Waals surface area contributed by atoms with Gasteiger partial charge in [0.15, 0.2) is 5.65 Å². The fraction of sp³-hybridized carbons (Fsp3) is 0.421. The smallest absolute Gasteiger partial charge is 0.266 e. The second-order valence-corrected chi connectivity index (χ2v) is 8.61. The molecule has 0 spiro atoms. The molecule has 8 heteroatoms. The number of rotatable bonds is 2. The van der Waals surface area contributed by atoms with E-state index in [-0.39, 0.29) is 5.56 Å². The highest BCUT2D eigenvalue weighted by Gasteiger charge is 2.28. The minimum absolute atomic E-state index is 0.153. The topological polar surface area (TPSA) is 66.8 Å². The molecule has 27 heavy (non-hydrogen) atoms. The molecule has 3 heterocycles. The minimum Gasteiger partial charge on any atom is -0.342 e. The van der Waals surface area contributed by atoms with Crippen LogP contribution in [0.5, 0.6) is 0 Å². The van der Waals surface area contributed by atoms with Crippen molar-refractivity contribution in [1.29, 1.82) is 0 Å². The Bertz CT molecular complexity index is 1080. The van der Waals surface area contributed by atoms with E-state index in [4.69, 9.17) is 23.2 Å². The van der Waals surface area contributed by atoms with Crippen LogP contribution < -0.4 is 10.5 Å². The maximum atomic E-state index is 13.1. The molecule has 0 unspecified atom stereocenters. The molecule has 0 saturated carbocycles. The number of benzene rings is 1. The molecule has 0 aliphatic carbocycles. The van der Waals surface area contributed by atoms with Gasteiger partial charge >= 0.3 is 0 Å². The number of hydrogen-bond acceptors (Lipinski definition) is 4. The van der Waals surface area contributed by atoms with Crippen molar-refractivity contribution in [2.24, 2.45) is 12.5 Å². The van der Waals surface area contributed by atoms with E-state index in [1.54, 1.807) is 29.8 Å². The number of nitrogens with one attached hydrogen (secondary N) is 1. The molecule has 1 N–H and O–H groups in total. The van der Waals surface area contributed by atoms with Crippen LogP contribution in [0.2, 0.25) is 10.0 Å². The van der Waals surface area contributed by atoms with E-state index in [1.807, 2.05) is 0 Å². The normalized spacial score (nSPS) is 16.9. The van der Waals surface area contributed by atoms with Gasteiger partial charge in [0.1, 0.15) is 5.39 Å². The molecular weight excluding hydrogens is 385 g/mol. The standard InChI is InChI=1S/C19H21Cl2N5O/c1-19(2)7-9-26(10-8-19)18-22-16-13(17(27)25(18)3)15(23-24-16)11-5-4-6-12(20)14(11)21/h4-6H,7-10H2,1-3H3,(H,23,24). The van der Waals surface area contributed by atoms with Gasteiger partial charge in [-0.2, -0.15) is 10.1 Å². The Labute approximate surface area is 167 Å². The van der Waals surface area contributed by atoms with Gasteiger partial charge in [-0.05, 0) is 24.3 Å². The average molecular weight is 406 g/mol. The lowest BCUT2D eigenvalue weighted by atomic mass is 9.83. The van der Waals surface area contributed by atoms with Crippen molar-refractivity contribution in [1.82, 2.24) is 19.7 Å². The van der Waals surface area contributed by atoms with Gasteiger partial charge in [0.05, 0.1) is 15.7 Å². The number of H-pyrrole nitrogens is 1. The Morgan fingerprint density at radius 2 is 1.89 bits per heavy atom. The molecule has 142 valence electrons. The lowest BCUT2D eigenvalue weighted by Gasteiger charge is -2.37. The number of anilines is 1. The Hall–Kier alpha value is -2.05. The Kier molecular flexibility index (Phi) is 4.43. The minimum atomic E-state index is -0.153. The summed E-state index contributed by atoms with van der Waals surface area (Å²) in [5.74, 6) is 0.651. The average Bonchev–Trinajstić information content (AvgIpc) is 3.04. The molecule has 1 aliphatic heterocycles. The maximum absolute atomic E-state index is 13.1. The summed E-state index contributed by atoms with van der Waals surface area (Å²) in [4.78, 5) is 20.0. The zero-order chi connectivity index (χ0) is 19.3. The monoisotopic (exact) mass is 405 g/mol. The first kappa shape index (κ1) is 18.3. The quantitative estimate of drug-likeness (QED) is 0.691. The predicted molar refractivity (Wildman–Crippen MR) is 110 cm³/mol. The van der Waals surface area contributed by atoms with Crippen LogP contribution in [0.4, 0.5) is 5.95 Å². The molecule has 0 radical (unpaired) electrons. The van der Waals surface area contributed by atoms with E-state index in [1.165, 1.54) is 0 Å². The van der Waals surface area contributed by atoms with Crippen LogP contribution in [-0.2, 0) is 7.05 Å². The molecule has 1 aliphatic rings. The molecule has 3 aromatic rings. The van der Waals surface area contributed by atoms with Crippen molar-refractivity contribution < 1.29 is 0 Å². The maximum Gasteiger partial charge on any atom is 0.266 e. The van der Waals surface area contributed by atoms with Crippen LogP contribution in [0.1, 0.15) is 26.7 Å². The van der Waals surface area contributed by atoms with Gasteiger partial charge in [-0.25, -0.2) is 0 Å². The second kappa shape index (κ2) is 6.53. The highest BCUT2D eigenvalue weighted by molar-refractivity contribution is 6.43. The van der Waals surface area contributed by atoms with Gasteiger partial charge in [0.25, 0.3) is 5.56 Å². The second-order valence-electron chi connectivity index (χ2n) is 7.83. The molecule has 6 nitrogen and oxygen atoms in total. The summed E-state index contributed by atoms with van der Waals surface area (Å²) < 4.78 is 1.60. The third kappa shape index (κ3) is 3.11. The summed E-state index contributed by atoms with van der Waals surface area (Å²) in [5.41, 5.74) is 1.74. The molecule has 1 aromatic carbocycles. The van der Waals surface area contributed by atoms with E-state index in [0.29, 0.717) is 43.7 Å². The van der Waals surface area contributed by atoms with Gasteiger partial charge in [-0.3, -0.25) is 14.5 Å². The summed E-state index contributed by atoms with van der Waals surface area (Å²) in [7, 11) is 1.75. The summed E-state index contributed by atoms with van der Waals surface area (Å²) in [6.07, 6.45) is 2.12. The van der Waals surface area contributed by atoms with Crippen LogP contribution in [0.3, 0.4) is 0 Å². The van der Waals surface area contributed by atoms with E-state index < -0.39 is 0 Å². The number of fused-ring (bicyclic) bond motifs is 1. The predicted octanol–water partition coefficient (Wildman–Crippen LogP) is 4.26. The number of aromatic nitrogens is 4. The van der Waals surface area contributed by atoms with Crippen molar-refractivity contribution in [3.05, 3.63) is 38.6 Å². The van der Waals surface area contributed by atoms with Crippen molar-refractivity contribution in [2.45, 2.75) is 26.7 Å². The third-order valence-corrected chi connectivity index (χ3v) is 6.21. The molecule has 2 aromatic heterocycles. The van der Waals surface area contributed by atoms with E-state index >= 15 is 0 Å². The van der Waals surface area contributed by atoms with E-state index in [0.717, 1.165) is 25.9 Å². The molecule has 4 rings (SSSR count). The molecular formula is C19H21Cl2N5O. The summed E-state index contributed by atoms with van der Waals surface area (Å²) in [5, 5.41) is 8.42. The van der Waals surface area contributed by atoms with E-state index in [9.17, 15) is 4.79 Å². The van der Waals surface area contributed by atoms with Crippen LogP contribution >= 0.6 is 23.2 Å². The zero-order valence-electron chi connectivity index (χ0n) is 15.5. The van der Waals surface area contributed by atoms with Gasteiger partial charge in [0, 0.05) is 25.7 Å². The number of aromatic amines is 1. The zero-order valence-corrected chi connectivity index (χ0v) is 17.0. The number of hydrogen-bond donors (Lipinski definition) is 1. The highest BCUT2D eigenvalue weighted by Crippen LogP contribution is 2.35. The molecule has 1 saturated heterocycles. The van der Waals surface area contributed by atoms with Crippen LogP contribution in [-0.4, -0.2) is 32.8 Å². The van der Waals surface area contributed by atoms with Gasteiger partial charge in [0.2, 0.25) is 5.95 Å². The Morgan fingerprint density at radius 3 is 2.59 bits per heavy atom. The first-order chi connectivity index (χ1) is 12.8. The third-order valence-electron chi connectivity index (χ3n) is 5.39. The van der Waals surface area contributed by atoms with Crippen molar-refractivity contribution >= 4 is 40.2 Å². The number of halogens is 2. The fourth-order valence-electron chi connectivity index (χ4n) is 3.53.